The maximum absolute atomic E-state index is 11.9. The largest absolute Gasteiger partial charge is 0.344 e. The third-order valence-corrected chi connectivity index (χ3v) is 3.56. The van der Waals surface area contributed by atoms with Gasteiger partial charge in [0, 0.05) is 13.6 Å². The molecule has 1 saturated carbocycles. The molecule has 2 N–H and O–H groups in total. The van der Waals surface area contributed by atoms with Crippen LogP contribution in [0.25, 0.3) is 0 Å². The lowest BCUT2D eigenvalue weighted by atomic mass is 9.85. The number of likely N-dealkylation sites (N-methyl/N-ethyl adjacent to an activating group) is 1. The maximum atomic E-state index is 11.9. The molecule has 3 heteroatoms. The first-order chi connectivity index (χ1) is 7.65. The Morgan fingerprint density at radius 3 is 2.56 bits per heavy atom. The minimum absolute atomic E-state index is 0.118. The summed E-state index contributed by atoms with van der Waals surface area (Å²) in [5.41, 5.74) is 5.99. The lowest BCUT2D eigenvalue weighted by molar-refractivity contribution is -0.131. The highest BCUT2D eigenvalue weighted by Gasteiger charge is 2.22. The maximum Gasteiger partial charge on any atom is 0.239 e. The lowest BCUT2D eigenvalue weighted by Gasteiger charge is -2.26. The molecule has 0 saturated heterocycles. The topological polar surface area (TPSA) is 46.3 Å². The Balaban J connectivity index is 2.32. The van der Waals surface area contributed by atoms with E-state index in [1.54, 1.807) is 4.90 Å². The molecular formula is C13H26N2O. The van der Waals surface area contributed by atoms with Crippen molar-refractivity contribution in [2.45, 2.75) is 57.9 Å². The number of nitrogens with zero attached hydrogens (tertiary/aromatic N) is 1. The van der Waals surface area contributed by atoms with Gasteiger partial charge in [0.05, 0.1) is 6.04 Å². The summed E-state index contributed by atoms with van der Waals surface area (Å²) < 4.78 is 0. The highest BCUT2D eigenvalue weighted by Crippen LogP contribution is 2.27. The zero-order chi connectivity index (χ0) is 12.0. The monoisotopic (exact) mass is 226 g/mol. The second-order valence-electron chi connectivity index (χ2n) is 5.11. The van der Waals surface area contributed by atoms with E-state index < -0.39 is 0 Å². The van der Waals surface area contributed by atoms with E-state index in [0.29, 0.717) is 5.92 Å². The van der Waals surface area contributed by atoms with Crippen LogP contribution < -0.4 is 5.73 Å². The van der Waals surface area contributed by atoms with E-state index >= 15 is 0 Å². The van der Waals surface area contributed by atoms with Crippen molar-refractivity contribution >= 4 is 5.91 Å². The van der Waals surface area contributed by atoms with Crippen LogP contribution in [0.2, 0.25) is 0 Å². The molecule has 0 aromatic carbocycles. The van der Waals surface area contributed by atoms with Crippen LogP contribution in [-0.4, -0.2) is 30.4 Å². The summed E-state index contributed by atoms with van der Waals surface area (Å²) >= 11 is 0. The lowest BCUT2D eigenvalue weighted by Crippen LogP contribution is -2.43. The fraction of sp³-hybridized carbons (Fsp3) is 0.923. The zero-order valence-electron chi connectivity index (χ0n) is 10.7. The van der Waals surface area contributed by atoms with Gasteiger partial charge in [-0.2, -0.15) is 0 Å². The van der Waals surface area contributed by atoms with E-state index in [1.165, 1.54) is 32.1 Å². The van der Waals surface area contributed by atoms with Gasteiger partial charge in [-0.15, -0.1) is 0 Å². The first kappa shape index (κ1) is 13.5. The Labute approximate surface area is 99.4 Å². The van der Waals surface area contributed by atoms with Crippen LogP contribution in [0.3, 0.4) is 0 Å². The second kappa shape index (κ2) is 6.89. The van der Waals surface area contributed by atoms with Crippen molar-refractivity contribution in [2.24, 2.45) is 11.7 Å². The molecule has 3 nitrogen and oxygen atoms in total. The van der Waals surface area contributed by atoms with Gasteiger partial charge in [-0.1, -0.05) is 39.0 Å². The highest BCUT2D eigenvalue weighted by molar-refractivity contribution is 5.81. The third kappa shape index (κ3) is 4.12. The minimum Gasteiger partial charge on any atom is -0.344 e. The van der Waals surface area contributed by atoms with Crippen molar-refractivity contribution < 1.29 is 4.79 Å². The standard InChI is InChI=1S/C13H26N2O/c1-3-9-15(2)13(16)12(14)10-11-7-5-4-6-8-11/h11-12H,3-10,14H2,1-2H3. The molecule has 0 heterocycles. The average molecular weight is 226 g/mol. The number of carbonyl (C=O) groups excluding carboxylic acids is 1. The molecule has 16 heavy (non-hydrogen) atoms. The van der Waals surface area contributed by atoms with Crippen molar-refractivity contribution in [3.05, 3.63) is 0 Å². The molecule has 1 unspecified atom stereocenters. The van der Waals surface area contributed by atoms with Gasteiger partial charge in [0.15, 0.2) is 0 Å². The van der Waals surface area contributed by atoms with Gasteiger partial charge in [-0.3, -0.25) is 4.79 Å². The second-order valence-corrected chi connectivity index (χ2v) is 5.11. The number of amides is 1. The Morgan fingerprint density at radius 2 is 2.00 bits per heavy atom. The molecule has 0 aromatic rings. The third-order valence-electron chi connectivity index (χ3n) is 3.56. The summed E-state index contributed by atoms with van der Waals surface area (Å²) in [5.74, 6) is 0.801. The van der Waals surface area contributed by atoms with Gasteiger partial charge in [-0.05, 0) is 18.8 Å². The summed E-state index contributed by atoms with van der Waals surface area (Å²) in [4.78, 5) is 13.7. The normalized spacial score (nSPS) is 19.4. The van der Waals surface area contributed by atoms with E-state index in [1.807, 2.05) is 7.05 Å². The van der Waals surface area contributed by atoms with Crippen LogP contribution in [0.5, 0.6) is 0 Å². The smallest absolute Gasteiger partial charge is 0.239 e. The van der Waals surface area contributed by atoms with Gasteiger partial charge in [0.1, 0.15) is 0 Å². The van der Waals surface area contributed by atoms with E-state index in [2.05, 4.69) is 6.92 Å². The molecule has 0 aliphatic heterocycles. The molecule has 1 atom stereocenters. The van der Waals surface area contributed by atoms with Crippen LogP contribution in [-0.2, 0) is 4.79 Å². The van der Waals surface area contributed by atoms with Crippen molar-refractivity contribution in [3.63, 3.8) is 0 Å². The molecule has 1 aliphatic rings. The Morgan fingerprint density at radius 1 is 1.38 bits per heavy atom. The molecule has 1 fully saturated rings. The number of hydrogen-bond donors (Lipinski definition) is 1. The number of carbonyl (C=O) groups is 1. The first-order valence-electron chi connectivity index (χ1n) is 6.65. The Hall–Kier alpha value is -0.570. The fourth-order valence-electron chi connectivity index (χ4n) is 2.61. The summed E-state index contributed by atoms with van der Waals surface area (Å²) in [5, 5.41) is 0. The highest BCUT2D eigenvalue weighted by atomic mass is 16.2. The van der Waals surface area contributed by atoms with Crippen molar-refractivity contribution in [1.29, 1.82) is 0 Å². The average Bonchev–Trinajstić information content (AvgIpc) is 2.29. The molecule has 94 valence electrons. The predicted octanol–water partition coefficient (Wildman–Crippen LogP) is 2.15. The molecular weight excluding hydrogens is 200 g/mol. The van der Waals surface area contributed by atoms with Gasteiger partial charge in [-0.25, -0.2) is 0 Å². The number of nitrogens with two attached hydrogens (primary N) is 1. The summed E-state index contributed by atoms with van der Waals surface area (Å²) in [6.45, 7) is 2.90. The molecule has 0 bridgehead atoms. The molecule has 0 spiro atoms. The van der Waals surface area contributed by atoms with Gasteiger partial charge >= 0.3 is 0 Å². The van der Waals surface area contributed by atoms with Crippen molar-refractivity contribution in [3.8, 4) is 0 Å². The fourth-order valence-corrected chi connectivity index (χ4v) is 2.61. The van der Waals surface area contributed by atoms with Crippen LogP contribution in [0.4, 0.5) is 0 Å². The van der Waals surface area contributed by atoms with E-state index in [9.17, 15) is 4.79 Å². The molecule has 1 amide bonds. The number of rotatable bonds is 5. The van der Waals surface area contributed by atoms with Crippen molar-refractivity contribution in [2.75, 3.05) is 13.6 Å². The van der Waals surface area contributed by atoms with Gasteiger partial charge in [0.25, 0.3) is 0 Å². The van der Waals surface area contributed by atoms with E-state index in [4.69, 9.17) is 5.73 Å². The van der Waals surface area contributed by atoms with E-state index in [-0.39, 0.29) is 11.9 Å². The molecule has 0 radical (unpaired) electrons. The molecule has 0 aromatic heterocycles. The van der Waals surface area contributed by atoms with Crippen LogP contribution >= 0.6 is 0 Å². The predicted molar refractivity (Wildman–Crippen MR) is 67.1 cm³/mol. The van der Waals surface area contributed by atoms with Crippen molar-refractivity contribution in [1.82, 2.24) is 4.90 Å². The quantitative estimate of drug-likeness (QED) is 0.781. The zero-order valence-corrected chi connectivity index (χ0v) is 10.7. The summed E-state index contributed by atoms with van der Waals surface area (Å²) in [6.07, 6.45) is 8.39. The first-order valence-corrected chi connectivity index (χ1v) is 6.65. The van der Waals surface area contributed by atoms with Crippen LogP contribution in [0.1, 0.15) is 51.9 Å². The van der Waals surface area contributed by atoms with Crippen LogP contribution in [0, 0.1) is 5.92 Å². The summed E-state index contributed by atoms with van der Waals surface area (Å²) in [6, 6.07) is -0.278. The van der Waals surface area contributed by atoms with Crippen LogP contribution in [0.15, 0.2) is 0 Å². The molecule has 1 rings (SSSR count). The van der Waals surface area contributed by atoms with Gasteiger partial charge < -0.3 is 10.6 Å². The SMILES string of the molecule is CCCN(C)C(=O)C(N)CC1CCCCC1. The van der Waals surface area contributed by atoms with Gasteiger partial charge in [0.2, 0.25) is 5.91 Å². The Kier molecular flexibility index (Phi) is 5.81. The van der Waals surface area contributed by atoms with E-state index in [0.717, 1.165) is 19.4 Å². The number of hydrogen-bond acceptors (Lipinski definition) is 2. The Bertz CT molecular complexity index is 212. The molecule has 1 aliphatic carbocycles. The summed E-state index contributed by atoms with van der Waals surface area (Å²) in [7, 11) is 1.85. The minimum atomic E-state index is -0.278.